The molecule has 33 heavy (non-hydrogen) atoms. The molecule has 0 bridgehead atoms. The molecule has 4 aromatic carbocycles. The van der Waals surface area contributed by atoms with E-state index in [1.165, 1.54) is 5.56 Å². The first-order chi connectivity index (χ1) is 16.1. The first-order valence-electron chi connectivity index (χ1n) is 10.7. The Morgan fingerprint density at radius 3 is 2.36 bits per heavy atom. The van der Waals surface area contributed by atoms with Crippen molar-refractivity contribution in [2.75, 3.05) is 17.3 Å². The summed E-state index contributed by atoms with van der Waals surface area (Å²) in [5.41, 5.74) is 4.15. The maximum atomic E-state index is 13.6. The molecule has 1 N–H and O–H groups in total. The monoisotopic (exact) mass is 495 g/mol. The number of nitrogens with one attached hydrogen (secondary N) is 1. The summed E-state index contributed by atoms with van der Waals surface area (Å²) >= 11 is 3.49. The van der Waals surface area contributed by atoms with Crippen molar-refractivity contribution in [1.29, 1.82) is 0 Å². The predicted molar refractivity (Wildman–Crippen MR) is 140 cm³/mol. The summed E-state index contributed by atoms with van der Waals surface area (Å²) in [7, 11) is 2.02. The Morgan fingerprint density at radius 1 is 0.879 bits per heavy atom. The van der Waals surface area contributed by atoms with Crippen LogP contribution in [0.3, 0.4) is 0 Å². The maximum Gasteiger partial charge on any atom is 0.257 e. The van der Waals surface area contributed by atoms with E-state index in [0.29, 0.717) is 17.8 Å². The van der Waals surface area contributed by atoms with Gasteiger partial charge in [-0.05, 0) is 52.7 Å². The second kappa shape index (κ2) is 9.04. The molecule has 1 heterocycles. The van der Waals surface area contributed by atoms with Crippen LogP contribution in [0.1, 0.15) is 15.9 Å². The van der Waals surface area contributed by atoms with Crippen molar-refractivity contribution >= 4 is 54.9 Å². The highest BCUT2D eigenvalue weighted by Crippen LogP contribution is 2.30. The van der Waals surface area contributed by atoms with Gasteiger partial charge in [-0.25, -0.2) is 0 Å². The summed E-state index contributed by atoms with van der Waals surface area (Å²) in [6.45, 7) is 0.682. The molecule has 0 unspecified atom stereocenters. The van der Waals surface area contributed by atoms with Gasteiger partial charge in [-0.3, -0.25) is 9.78 Å². The number of para-hydroxylation sites is 1. The zero-order chi connectivity index (χ0) is 22.8. The molecular formula is C28H22BrN3O. The largest absolute Gasteiger partial charge is 0.370 e. The first kappa shape index (κ1) is 21.2. The van der Waals surface area contributed by atoms with Crippen LogP contribution in [0, 0.1) is 0 Å². The molecule has 0 saturated carbocycles. The summed E-state index contributed by atoms with van der Waals surface area (Å²) < 4.78 is 1.04. The van der Waals surface area contributed by atoms with Gasteiger partial charge in [0.05, 0.1) is 22.5 Å². The molecular weight excluding hydrogens is 474 g/mol. The van der Waals surface area contributed by atoms with Gasteiger partial charge in [0.15, 0.2) is 0 Å². The third kappa shape index (κ3) is 4.45. The highest BCUT2D eigenvalue weighted by molar-refractivity contribution is 9.10. The van der Waals surface area contributed by atoms with Crippen LogP contribution in [0.5, 0.6) is 0 Å². The lowest BCUT2D eigenvalue weighted by Gasteiger charge is -2.23. The zero-order valence-corrected chi connectivity index (χ0v) is 19.7. The number of benzene rings is 4. The van der Waals surface area contributed by atoms with E-state index in [0.717, 1.165) is 31.8 Å². The molecule has 0 radical (unpaired) electrons. The van der Waals surface area contributed by atoms with Crippen LogP contribution in [-0.4, -0.2) is 17.9 Å². The van der Waals surface area contributed by atoms with Crippen LogP contribution in [0.25, 0.3) is 21.7 Å². The Balaban J connectivity index is 1.54. The van der Waals surface area contributed by atoms with E-state index in [2.05, 4.69) is 55.4 Å². The lowest BCUT2D eigenvalue weighted by molar-refractivity contribution is 0.102. The average molecular weight is 496 g/mol. The Hall–Kier alpha value is -3.70. The number of pyridine rings is 1. The second-order valence-electron chi connectivity index (χ2n) is 8.03. The summed E-state index contributed by atoms with van der Waals surface area (Å²) in [5.74, 6) is -0.156. The number of aromatic nitrogens is 1. The molecule has 5 rings (SSSR count). The van der Waals surface area contributed by atoms with E-state index in [1.54, 1.807) is 6.20 Å². The second-order valence-corrected chi connectivity index (χ2v) is 8.95. The molecule has 0 saturated heterocycles. The van der Waals surface area contributed by atoms with Crippen LogP contribution in [-0.2, 0) is 6.54 Å². The number of hydrogen-bond acceptors (Lipinski definition) is 3. The Labute approximate surface area is 201 Å². The molecule has 1 aromatic heterocycles. The van der Waals surface area contributed by atoms with E-state index in [-0.39, 0.29) is 5.91 Å². The van der Waals surface area contributed by atoms with E-state index < -0.39 is 0 Å². The fraction of sp³-hybridized carbons (Fsp3) is 0.0714. The number of halogens is 1. The Bertz CT molecular complexity index is 1460. The van der Waals surface area contributed by atoms with Gasteiger partial charge in [0.25, 0.3) is 5.91 Å². The normalized spacial score (nSPS) is 11.0. The SMILES string of the molecule is CN(Cc1ccc(Br)cc1)c1cc2ccccc2cc1C(=O)Nc1cccc2cccnc12. The number of carbonyl (C=O) groups is 1. The van der Waals surface area contributed by atoms with Crippen molar-refractivity contribution in [3.05, 3.63) is 113 Å². The number of nitrogens with zero attached hydrogens (tertiary/aromatic N) is 2. The molecule has 0 atom stereocenters. The Morgan fingerprint density at radius 2 is 1.58 bits per heavy atom. The van der Waals surface area contributed by atoms with Gasteiger partial charge in [0.2, 0.25) is 0 Å². The Kier molecular flexibility index (Phi) is 5.80. The standard InChI is InChI=1S/C28H22BrN3O/c1-32(18-19-11-13-23(29)14-12-19)26-17-22-7-3-2-6-21(22)16-24(26)28(33)31-25-10-4-8-20-9-5-15-30-27(20)25/h2-17H,18H2,1H3,(H,31,33). The summed E-state index contributed by atoms with van der Waals surface area (Å²) in [4.78, 5) is 20.1. The van der Waals surface area contributed by atoms with Crippen LogP contribution in [0.15, 0.2) is 102 Å². The van der Waals surface area contributed by atoms with Gasteiger partial charge in [0.1, 0.15) is 0 Å². The molecule has 4 nitrogen and oxygen atoms in total. The molecule has 0 spiro atoms. The average Bonchev–Trinajstić information content (AvgIpc) is 2.85. The van der Waals surface area contributed by atoms with E-state index >= 15 is 0 Å². The van der Waals surface area contributed by atoms with Crippen LogP contribution in [0.2, 0.25) is 0 Å². The van der Waals surface area contributed by atoms with E-state index in [1.807, 2.05) is 73.8 Å². The number of amides is 1. The van der Waals surface area contributed by atoms with Crippen molar-refractivity contribution in [3.63, 3.8) is 0 Å². The van der Waals surface area contributed by atoms with Crippen LogP contribution in [0.4, 0.5) is 11.4 Å². The summed E-state index contributed by atoms with van der Waals surface area (Å²) in [6, 6.07) is 30.1. The smallest absolute Gasteiger partial charge is 0.257 e. The van der Waals surface area contributed by atoms with Gasteiger partial charge < -0.3 is 10.2 Å². The fourth-order valence-corrected chi connectivity index (χ4v) is 4.33. The predicted octanol–water partition coefficient (Wildman–Crippen LogP) is 7.04. The lowest BCUT2D eigenvalue weighted by Crippen LogP contribution is -2.22. The van der Waals surface area contributed by atoms with Crippen molar-refractivity contribution in [2.24, 2.45) is 0 Å². The lowest BCUT2D eigenvalue weighted by atomic mass is 10.0. The third-order valence-corrected chi connectivity index (χ3v) is 6.26. The van der Waals surface area contributed by atoms with E-state index in [4.69, 9.17) is 0 Å². The van der Waals surface area contributed by atoms with E-state index in [9.17, 15) is 4.79 Å². The van der Waals surface area contributed by atoms with Gasteiger partial charge >= 0.3 is 0 Å². The van der Waals surface area contributed by atoms with Gasteiger partial charge in [-0.2, -0.15) is 0 Å². The number of anilines is 2. The molecule has 5 aromatic rings. The van der Waals surface area contributed by atoms with Crippen LogP contribution < -0.4 is 10.2 Å². The highest BCUT2D eigenvalue weighted by atomic mass is 79.9. The van der Waals surface area contributed by atoms with Crippen LogP contribution >= 0.6 is 15.9 Å². The highest BCUT2D eigenvalue weighted by Gasteiger charge is 2.17. The molecule has 0 fully saturated rings. The summed E-state index contributed by atoms with van der Waals surface area (Å²) in [5, 5.41) is 6.21. The quantitative estimate of drug-likeness (QED) is 0.284. The fourth-order valence-electron chi connectivity index (χ4n) is 4.07. The maximum absolute atomic E-state index is 13.6. The minimum absolute atomic E-state index is 0.156. The molecule has 0 aliphatic carbocycles. The number of carbonyl (C=O) groups excluding carboxylic acids is 1. The van der Waals surface area contributed by atoms with Crippen molar-refractivity contribution in [1.82, 2.24) is 4.98 Å². The third-order valence-electron chi connectivity index (χ3n) is 5.73. The van der Waals surface area contributed by atoms with Gasteiger partial charge in [-0.1, -0.05) is 70.5 Å². The number of rotatable bonds is 5. The summed E-state index contributed by atoms with van der Waals surface area (Å²) in [6.07, 6.45) is 1.74. The number of fused-ring (bicyclic) bond motifs is 2. The van der Waals surface area contributed by atoms with Crippen molar-refractivity contribution in [3.8, 4) is 0 Å². The molecule has 0 aliphatic heterocycles. The molecule has 0 aliphatic rings. The van der Waals surface area contributed by atoms with Gasteiger partial charge in [-0.15, -0.1) is 0 Å². The minimum atomic E-state index is -0.156. The topological polar surface area (TPSA) is 45.2 Å². The van der Waals surface area contributed by atoms with Crippen molar-refractivity contribution in [2.45, 2.75) is 6.54 Å². The van der Waals surface area contributed by atoms with Crippen molar-refractivity contribution < 1.29 is 4.79 Å². The first-order valence-corrected chi connectivity index (χ1v) is 11.5. The molecule has 1 amide bonds. The minimum Gasteiger partial charge on any atom is -0.370 e. The molecule has 162 valence electrons. The zero-order valence-electron chi connectivity index (χ0n) is 18.1. The molecule has 5 heteroatoms. The van der Waals surface area contributed by atoms with Gasteiger partial charge in [0, 0.05) is 29.6 Å². The number of hydrogen-bond donors (Lipinski definition) is 1.